The first-order valence-electron chi connectivity index (χ1n) is 14.2. The van der Waals surface area contributed by atoms with Gasteiger partial charge in [-0.25, -0.2) is 9.78 Å². The molecule has 3 aromatic heterocycles. The molecule has 3 aromatic rings. The van der Waals surface area contributed by atoms with Crippen LogP contribution in [0.2, 0.25) is 0 Å². The second-order valence-corrected chi connectivity index (χ2v) is 11.8. The number of anilines is 2. The summed E-state index contributed by atoms with van der Waals surface area (Å²) in [4.78, 5) is 23.4. The maximum atomic E-state index is 12.3. The summed E-state index contributed by atoms with van der Waals surface area (Å²) in [5.74, 6) is 2.16. The monoisotopic (exact) mass is 546 g/mol. The highest BCUT2D eigenvalue weighted by Crippen LogP contribution is 2.24. The first kappa shape index (κ1) is 29.3. The largest absolute Gasteiger partial charge is 0.444 e. The SMILES string of the molecule is CC(C)c1cnnc(Nc2ccc3ncc(C(C=N)CNCCC4CCN(C(=O)OC(C)(C)C)CC4)cc3n2)c1. The van der Waals surface area contributed by atoms with Gasteiger partial charge in [-0.2, -0.15) is 5.10 Å². The summed E-state index contributed by atoms with van der Waals surface area (Å²) < 4.78 is 5.50. The molecule has 0 bridgehead atoms. The molecule has 0 aromatic carbocycles. The fourth-order valence-corrected chi connectivity index (χ4v) is 4.75. The van der Waals surface area contributed by atoms with Gasteiger partial charge in [0.15, 0.2) is 5.82 Å². The smallest absolute Gasteiger partial charge is 0.410 e. The fourth-order valence-electron chi connectivity index (χ4n) is 4.75. The number of carbonyl (C=O) groups is 1. The van der Waals surface area contributed by atoms with Crippen LogP contribution in [0.5, 0.6) is 0 Å². The van der Waals surface area contributed by atoms with Crippen LogP contribution in [0.15, 0.2) is 36.7 Å². The Hall–Kier alpha value is -3.66. The molecule has 1 aliphatic rings. The first-order chi connectivity index (χ1) is 19.1. The molecule has 3 N–H and O–H groups in total. The van der Waals surface area contributed by atoms with Crippen molar-refractivity contribution in [3.05, 3.63) is 47.8 Å². The number of nitrogens with zero attached hydrogens (tertiary/aromatic N) is 5. The number of nitrogens with one attached hydrogen (secondary N) is 3. The molecule has 1 atom stereocenters. The number of pyridine rings is 2. The minimum atomic E-state index is -0.464. The summed E-state index contributed by atoms with van der Waals surface area (Å²) in [6, 6.07) is 7.80. The van der Waals surface area contributed by atoms with E-state index in [1.807, 2.05) is 56.1 Å². The Kier molecular flexibility index (Phi) is 9.63. The van der Waals surface area contributed by atoms with Crippen LogP contribution in [0, 0.1) is 11.3 Å². The number of piperidine rings is 1. The predicted molar refractivity (Wildman–Crippen MR) is 158 cm³/mol. The minimum Gasteiger partial charge on any atom is -0.444 e. The van der Waals surface area contributed by atoms with Crippen molar-refractivity contribution in [1.29, 1.82) is 5.41 Å². The first-order valence-corrected chi connectivity index (χ1v) is 14.2. The molecule has 1 fully saturated rings. The molecule has 4 rings (SSSR count). The molecule has 10 heteroatoms. The Morgan fingerprint density at radius 3 is 2.60 bits per heavy atom. The van der Waals surface area contributed by atoms with E-state index in [4.69, 9.17) is 15.1 Å². The van der Waals surface area contributed by atoms with Gasteiger partial charge in [0.25, 0.3) is 0 Å². The number of likely N-dealkylation sites (tertiary alicyclic amines) is 1. The lowest BCUT2D eigenvalue weighted by Crippen LogP contribution is -2.42. The van der Waals surface area contributed by atoms with Gasteiger partial charge in [0.05, 0.1) is 17.2 Å². The van der Waals surface area contributed by atoms with Crippen molar-refractivity contribution in [2.45, 2.75) is 71.3 Å². The molecule has 1 saturated heterocycles. The van der Waals surface area contributed by atoms with Crippen LogP contribution >= 0.6 is 0 Å². The fraction of sp³-hybridized carbons (Fsp3) is 0.533. The van der Waals surface area contributed by atoms with Crippen molar-refractivity contribution in [2.24, 2.45) is 5.92 Å². The molecule has 214 valence electrons. The number of rotatable bonds is 10. The minimum absolute atomic E-state index is 0.0991. The van der Waals surface area contributed by atoms with Gasteiger partial charge < -0.3 is 25.7 Å². The van der Waals surface area contributed by atoms with E-state index in [-0.39, 0.29) is 12.0 Å². The number of aromatic nitrogens is 4. The van der Waals surface area contributed by atoms with E-state index in [0.717, 1.165) is 61.1 Å². The Bertz CT molecular complexity index is 1300. The van der Waals surface area contributed by atoms with Crippen molar-refractivity contribution in [2.75, 3.05) is 31.5 Å². The molecule has 1 unspecified atom stereocenters. The Morgan fingerprint density at radius 1 is 1.12 bits per heavy atom. The lowest BCUT2D eigenvalue weighted by Gasteiger charge is -2.33. The van der Waals surface area contributed by atoms with Crippen molar-refractivity contribution in [1.82, 2.24) is 30.4 Å². The van der Waals surface area contributed by atoms with Crippen molar-refractivity contribution in [3.8, 4) is 0 Å². The van der Waals surface area contributed by atoms with Crippen LogP contribution in [-0.4, -0.2) is 69.2 Å². The van der Waals surface area contributed by atoms with Gasteiger partial charge in [0.1, 0.15) is 11.4 Å². The number of hydrogen-bond acceptors (Lipinski definition) is 9. The zero-order valence-corrected chi connectivity index (χ0v) is 24.3. The summed E-state index contributed by atoms with van der Waals surface area (Å²) in [5.41, 5.74) is 3.15. The third-order valence-corrected chi connectivity index (χ3v) is 7.15. The Labute approximate surface area is 236 Å². The molecule has 1 aliphatic heterocycles. The zero-order chi connectivity index (χ0) is 28.7. The van der Waals surface area contributed by atoms with E-state index in [1.54, 1.807) is 6.20 Å². The number of fused-ring (bicyclic) bond motifs is 1. The van der Waals surface area contributed by atoms with Gasteiger partial charge in [-0.15, -0.1) is 5.10 Å². The van der Waals surface area contributed by atoms with E-state index in [1.165, 1.54) is 6.21 Å². The van der Waals surface area contributed by atoms with Crippen LogP contribution in [0.25, 0.3) is 11.0 Å². The average molecular weight is 547 g/mol. The summed E-state index contributed by atoms with van der Waals surface area (Å²) in [7, 11) is 0. The van der Waals surface area contributed by atoms with Crippen molar-refractivity contribution >= 4 is 35.0 Å². The van der Waals surface area contributed by atoms with Gasteiger partial charge in [0, 0.05) is 38.0 Å². The molecule has 0 spiro atoms. The van der Waals surface area contributed by atoms with E-state index >= 15 is 0 Å². The molecular formula is C30H42N8O2. The molecule has 1 amide bonds. The molecule has 10 nitrogen and oxygen atoms in total. The quantitative estimate of drug-likeness (QED) is 0.220. The van der Waals surface area contributed by atoms with E-state index < -0.39 is 5.60 Å². The Morgan fingerprint density at radius 2 is 1.90 bits per heavy atom. The zero-order valence-electron chi connectivity index (χ0n) is 24.3. The van der Waals surface area contributed by atoms with Crippen LogP contribution in [0.4, 0.5) is 16.4 Å². The van der Waals surface area contributed by atoms with Gasteiger partial charge in [-0.1, -0.05) is 13.8 Å². The van der Waals surface area contributed by atoms with E-state index in [0.29, 0.717) is 30.0 Å². The number of amides is 1. The molecule has 0 radical (unpaired) electrons. The Balaban J connectivity index is 1.28. The van der Waals surface area contributed by atoms with E-state index in [2.05, 4.69) is 39.7 Å². The molecule has 0 aliphatic carbocycles. The topological polar surface area (TPSA) is 129 Å². The van der Waals surface area contributed by atoms with Gasteiger partial charge in [-0.05, 0) is 93.8 Å². The molecule has 0 saturated carbocycles. The number of ether oxygens (including phenoxy) is 1. The highest BCUT2D eigenvalue weighted by molar-refractivity contribution is 5.79. The molecule has 40 heavy (non-hydrogen) atoms. The average Bonchev–Trinajstić information content (AvgIpc) is 2.92. The highest BCUT2D eigenvalue weighted by Gasteiger charge is 2.26. The lowest BCUT2D eigenvalue weighted by atomic mass is 9.93. The summed E-state index contributed by atoms with van der Waals surface area (Å²) in [6.45, 7) is 12.9. The number of hydrogen-bond donors (Lipinski definition) is 3. The van der Waals surface area contributed by atoms with Gasteiger partial charge >= 0.3 is 6.09 Å². The molecular weight excluding hydrogens is 504 g/mol. The third-order valence-electron chi connectivity index (χ3n) is 7.15. The maximum absolute atomic E-state index is 12.3. The second kappa shape index (κ2) is 13.1. The van der Waals surface area contributed by atoms with Crippen molar-refractivity contribution < 1.29 is 9.53 Å². The van der Waals surface area contributed by atoms with Crippen LogP contribution in [0.1, 0.15) is 76.8 Å². The van der Waals surface area contributed by atoms with E-state index in [9.17, 15) is 4.79 Å². The van der Waals surface area contributed by atoms with Crippen LogP contribution in [0.3, 0.4) is 0 Å². The summed E-state index contributed by atoms with van der Waals surface area (Å²) >= 11 is 0. The third kappa shape index (κ3) is 8.17. The standard InChI is InChI=1S/C30H42N8O2/c1-20(2)22-15-28(37-34-19-22)36-27-7-6-25-26(35-27)14-23(18-33-25)24(16-31)17-32-11-8-21-9-12-38(13-10-21)29(39)40-30(3,4)5/h6-7,14-16,18-21,24,31-32H,8-13,17H2,1-5H3,(H,35,36,37). The van der Waals surface area contributed by atoms with Crippen molar-refractivity contribution in [3.63, 3.8) is 0 Å². The maximum Gasteiger partial charge on any atom is 0.410 e. The second-order valence-electron chi connectivity index (χ2n) is 11.8. The number of carbonyl (C=O) groups excluding carboxylic acids is 1. The molecule has 4 heterocycles. The predicted octanol–water partition coefficient (Wildman–Crippen LogP) is 5.65. The lowest BCUT2D eigenvalue weighted by molar-refractivity contribution is 0.0181. The summed E-state index contributed by atoms with van der Waals surface area (Å²) in [5, 5.41) is 23.1. The normalized spacial score (nSPS) is 15.3. The van der Waals surface area contributed by atoms with Crippen LogP contribution < -0.4 is 10.6 Å². The van der Waals surface area contributed by atoms with Gasteiger partial charge in [0.2, 0.25) is 0 Å². The van der Waals surface area contributed by atoms with Crippen LogP contribution in [-0.2, 0) is 4.74 Å². The summed E-state index contributed by atoms with van der Waals surface area (Å²) in [6.07, 6.45) is 7.87. The van der Waals surface area contributed by atoms with Gasteiger partial charge in [-0.3, -0.25) is 4.98 Å². The highest BCUT2D eigenvalue weighted by atomic mass is 16.6.